The molecule has 1 aromatic heterocycles. The zero-order valence-electron chi connectivity index (χ0n) is 18.1. The number of halogens is 1. The lowest BCUT2D eigenvalue weighted by Crippen LogP contribution is -2.49. The number of rotatable bonds is 5. The number of carboxylic acids is 1. The van der Waals surface area contributed by atoms with Gasteiger partial charge < -0.3 is 14.6 Å². The van der Waals surface area contributed by atoms with Crippen LogP contribution in [0.15, 0.2) is 48.5 Å². The normalized spacial score (nSPS) is 16.2. The van der Waals surface area contributed by atoms with Crippen LogP contribution in [-0.2, 0) is 34.4 Å². The molecule has 1 unspecified atom stereocenters. The van der Waals surface area contributed by atoms with E-state index in [1.807, 2.05) is 45.2 Å². The average Bonchev–Trinajstić information content (AvgIpc) is 3.05. The van der Waals surface area contributed by atoms with Gasteiger partial charge in [-0.1, -0.05) is 30.3 Å². The number of hydrogen-bond donors (Lipinski definition) is 1. The van der Waals surface area contributed by atoms with E-state index in [2.05, 4.69) is 4.57 Å². The van der Waals surface area contributed by atoms with Gasteiger partial charge in [-0.15, -0.1) is 0 Å². The Morgan fingerprint density at radius 1 is 1.16 bits per heavy atom. The first-order valence-corrected chi connectivity index (χ1v) is 10.5. The molecule has 1 aliphatic rings. The minimum Gasteiger partial charge on any atom is -0.481 e. The molecule has 1 N–H and O–H groups in total. The lowest BCUT2D eigenvalue weighted by atomic mass is 9.82. The van der Waals surface area contributed by atoms with Crippen molar-refractivity contribution in [3.05, 3.63) is 71.2 Å². The Labute approximate surface area is 181 Å². The number of likely N-dealkylation sites (N-methyl/N-ethyl adjacent to an activating group) is 1. The van der Waals surface area contributed by atoms with E-state index in [0.717, 1.165) is 40.6 Å². The van der Waals surface area contributed by atoms with Crippen LogP contribution in [0.25, 0.3) is 10.9 Å². The number of carbonyl (C=O) groups excluding carboxylic acids is 1. The molecule has 0 saturated carbocycles. The van der Waals surface area contributed by atoms with Crippen LogP contribution < -0.4 is 0 Å². The van der Waals surface area contributed by atoms with Crippen molar-refractivity contribution in [2.24, 2.45) is 0 Å². The van der Waals surface area contributed by atoms with Crippen molar-refractivity contribution in [3.63, 3.8) is 0 Å². The predicted molar refractivity (Wildman–Crippen MR) is 118 cm³/mol. The van der Waals surface area contributed by atoms with Crippen LogP contribution in [-0.4, -0.2) is 39.5 Å². The smallest absolute Gasteiger partial charge is 0.307 e. The highest BCUT2D eigenvalue weighted by Gasteiger charge is 2.37. The lowest BCUT2D eigenvalue weighted by molar-refractivity contribution is -0.137. The van der Waals surface area contributed by atoms with E-state index < -0.39 is 11.4 Å². The number of benzene rings is 2. The van der Waals surface area contributed by atoms with Crippen LogP contribution in [0.3, 0.4) is 0 Å². The second-order valence-corrected chi connectivity index (χ2v) is 8.86. The van der Waals surface area contributed by atoms with Crippen molar-refractivity contribution in [2.75, 3.05) is 7.05 Å². The monoisotopic (exact) mass is 422 g/mol. The summed E-state index contributed by atoms with van der Waals surface area (Å²) in [5.41, 5.74) is 2.94. The number of aliphatic carboxylic acids is 1. The summed E-state index contributed by atoms with van der Waals surface area (Å²) in [6.45, 7) is 4.35. The van der Waals surface area contributed by atoms with E-state index in [9.17, 15) is 19.1 Å². The Hall–Kier alpha value is -3.15. The number of amides is 1. The first-order valence-electron chi connectivity index (χ1n) is 10.5. The van der Waals surface area contributed by atoms with Crippen molar-refractivity contribution in [2.45, 2.75) is 51.1 Å². The molecule has 31 heavy (non-hydrogen) atoms. The highest BCUT2D eigenvalue weighted by Crippen LogP contribution is 2.34. The van der Waals surface area contributed by atoms with Crippen molar-refractivity contribution in [3.8, 4) is 0 Å². The van der Waals surface area contributed by atoms with Gasteiger partial charge >= 0.3 is 5.97 Å². The van der Waals surface area contributed by atoms with E-state index in [1.165, 1.54) is 12.1 Å². The van der Waals surface area contributed by atoms with Gasteiger partial charge in [0.2, 0.25) is 5.91 Å². The number of fused-ring (bicyclic) bond motifs is 3. The Bertz CT molecular complexity index is 1150. The summed E-state index contributed by atoms with van der Waals surface area (Å²) in [5.74, 6) is -1.18. The topological polar surface area (TPSA) is 62.5 Å². The lowest BCUT2D eigenvalue weighted by Gasteiger charge is -2.38. The summed E-state index contributed by atoms with van der Waals surface area (Å²) in [4.78, 5) is 26.7. The van der Waals surface area contributed by atoms with Gasteiger partial charge in [0.05, 0.1) is 11.8 Å². The molecule has 1 atom stereocenters. The zero-order chi connectivity index (χ0) is 22.3. The van der Waals surface area contributed by atoms with E-state index in [4.69, 9.17) is 0 Å². The number of carbonyl (C=O) groups is 2. The van der Waals surface area contributed by atoms with Crippen LogP contribution in [0.4, 0.5) is 4.39 Å². The molecular formula is C25H27FN2O3. The van der Waals surface area contributed by atoms with Gasteiger partial charge in [0, 0.05) is 36.2 Å². The van der Waals surface area contributed by atoms with E-state index in [1.54, 1.807) is 17.0 Å². The van der Waals surface area contributed by atoms with Gasteiger partial charge in [0.25, 0.3) is 0 Å². The molecule has 0 aliphatic carbocycles. The van der Waals surface area contributed by atoms with Crippen LogP contribution in [0.2, 0.25) is 0 Å². The van der Waals surface area contributed by atoms with Crippen LogP contribution >= 0.6 is 0 Å². The van der Waals surface area contributed by atoms with Gasteiger partial charge in [-0.05, 0) is 56.0 Å². The maximum atomic E-state index is 13.4. The first-order chi connectivity index (χ1) is 14.7. The maximum absolute atomic E-state index is 13.4. The molecule has 0 fully saturated rings. The second-order valence-electron chi connectivity index (χ2n) is 8.86. The molecule has 162 valence electrons. The SMILES string of the molecule is CN(C(=O)C(C)(C)c1ccc(F)cc1)C1CCc2c(CC(=O)O)c3ccccc3n2C1. The standard InChI is InChI=1S/C25H27FN2O3/c1-25(2,16-8-10-17(26)11-9-16)24(31)27(3)18-12-13-22-20(14-23(29)30)19-6-4-5-7-21(19)28(22)15-18/h4-11,18H,12-15H2,1-3H3,(H,29,30). The van der Waals surface area contributed by atoms with Gasteiger partial charge in [-0.2, -0.15) is 0 Å². The number of aromatic nitrogens is 1. The molecule has 0 radical (unpaired) electrons. The molecular weight excluding hydrogens is 395 g/mol. The molecule has 0 bridgehead atoms. The van der Waals surface area contributed by atoms with Gasteiger partial charge in [0.15, 0.2) is 0 Å². The molecule has 1 amide bonds. The molecule has 1 aliphatic heterocycles. The van der Waals surface area contributed by atoms with Gasteiger partial charge in [-0.25, -0.2) is 4.39 Å². The number of carboxylic acid groups (broad SMARTS) is 1. The first kappa shape index (κ1) is 21.1. The summed E-state index contributed by atoms with van der Waals surface area (Å²) in [6, 6.07) is 14.0. The summed E-state index contributed by atoms with van der Waals surface area (Å²) in [5, 5.41) is 10.4. The zero-order valence-corrected chi connectivity index (χ0v) is 18.1. The average molecular weight is 423 g/mol. The van der Waals surface area contributed by atoms with E-state index >= 15 is 0 Å². The summed E-state index contributed by atoms with van der Waals surface area (Å²) >= 11 is 0. The van der Waals surface area contributed by atoms with Crippen molar-refractivity contribution in [1.82, 2.24) is 9.47 Å². The van der Waals surface area contributed by atoms with Crippen LogP contribution in [0, 0.1) is 5.82 Å². The molecule has 0 saturated heterocycles. The quantitative estimate of drug-likeness (QED) is 0.672. The highest BCUT2D eigenvalue weighted by atomic mass is 19.1. The van der Waals surface area contributed by atoms with E-state index in [0.29, 0.717) is 6.54 Å². The third-order valence-corrected chi connectivity index (χ3v) is 6.60. The third-order valence-electron chi connectivity index (χ3n) is 6.60. The molecule has 2 heterocycles. The number of para-hydroxylation sites is 1. The Morgan fingerprint density at radius 2 is 1.84 bits per heavy atom. The maximum Gasteiger partial charge on any atom is 0.307 e. The number of nitrogens with zero attached hydrogens (tertiary/aromatic N) is 2. The van der Waals surface area contributed by atoms with Gasteiger partial charge in [0.1, 0.15) is 5.82 Å². The minimum atomic E-state index is -0.838. The van der Waals surface area contributed by atoms with Crippen molar-refractivity contribution >= 4 is 22.8 Å². The fourth-order valence-corrected chi connectivity index (χ4v) is 4.79. The van der Waals surface area contributed by atoms with E-state index in [-0.39, 0.29) is 24.2 Å². The molecule has 2 aromatic carbocycles. The fraction of sp³-hybridized carbons (Fsp3) is 0.360. The highest BCUT2D eigenvalue weighted by molar-refractivity contribution is 5.90. The predicted octanol–water partition coefficient (Wildman–Crippen LogP) is 4.16. The van der Waals surface area contributed by atoms with Crippen molar-refractivity contribution in [1.29, 1.82) is 0 Å². The molecule has 5 nitrogen and oxygen atoms in total. The van der Waals surface area contributed by atoms with Crippen molar-refractivity contribution < 1.29 is 19.1 Å². The summed E-state index contributed by atoms with van der Waals surface area (Å²) in [7, 11) is 1.83. The minimum absolute atomic E-state index is 0.000118. The fourth-order valence-electron chi connectivity index (χ4n) is 4.79. The number of hydrogen-bond acceptors (Lipinski definition) is 2. The Kier molecular flexibility index (Phi) is 5.33. The van der Waals surface area contributed by atoms with Crippen LogP contribution in [0.5, 0.6) is 0 Å². The molecule has 0 spiro atoms. The van der Waals surface area contributed by atoms with Gasteiger partial charge in [-0.3, -0.25) is 9.59 Å². The molecule has 3 aromatic rings. The molecule has 6 heteroatoms. The Balaban J connectivity index is 1.63. The van der Waals surface area contributed by atoms with Crippen LogP contribution in [0.1, 0.15) is 37.1 Å². The summed E-state index contributed by atoms with van der Waals surface area (Å²) in [6.07, 6.45) is 1.49. The Morgan fingerprint density at radius 3 is 2.52 bits per heavy atom. The largest absolute Gasteiger partial charge is 0.481 e. The molecule has 4 rings (SSSR count). The second kappa shape index (κ2) is 7.84. The summed E-state index contributed by atoms with van der Waals surface area (Å²) < 4.78 is 15.5. The third kappa shape index (κ3) is 3.71.